The summed E-state index contributed by atoms with van der Waals surface area (Å²) in [6.45, 7) is 9.24. The van der Waals surface area contributed by atoms with Crippen molar-refractivity contribution in [2.75, 3.05) is 37.4 Å². The Balaban J connectivity index is 1.30. The smallest absolute Gasteiger partial charge is 0.319 e. The molecule has 45 heavy (non-hydrogen) atoms. The van der Waals surface area contributed by atoms with Gasteiger partial charge in [0.25, 0.3) is 5.91 Å². The Morgan fingerprint density at radius 3 is 2.22 bits per heavy atom. The van der Waals surface area contributed by atoms with Crippen LogP contribution in [0.2, 0.25) is 0 Å². The average Bonchev–Trinajstić information content (AvgIpc) is 3.05. The van der Waals surface area contributed by atoms with Crippen molar-refractivity contribution in [2.24, 2.45) is 0 Å². The lowest BCUT2D eigenvalue weighted by atomic mass is 10.1. The molecule has 3 aromatic carbocycles. The van der Waals surface area contributed by atoms with Crippen molar-refractivity contribution in [3.05, 3.63) is 72.0 Å². The van der Waals surface area contributed by atoms with Crippen LogP contribution in [0.3, 0.4) is 0 Å². The Bertz CT molecular complexity index is 1410. The van der Waals surface area contributed by atoms with E-state index in [-0.39, 0.29) is 29.5 Å². The van der Waals surface area contributed by atoms with Crippen molar-refractivity contribution in [2.45, 2.75) is 71.4 Å². The maximum Gasteiger partial charge on any atom is 0.319 e. The molecule has 0 unspecified atom stereocenters. The predicted molar refractivity (Wildman–Crippen MR) is 175 cm³/mol. The summed E-state index contributed by atoms with van der Waals surface area (Å²) in [5.74, 6) is 0.601. The Morgan fingerprint density at radius 2 is 1.58 bits per heavy atom. The number of hydrogen-bond donors (Lipinski definition) is 3. The molecule has 1 saturated heterocycles. The van der Waals surface area contributed by atoms with E-state index in [4.69, 9.17) is 14.2 Å². The number of halogens is 1. The Hall–Kier alpha value is -4.31. The minimum Gasteiger partial charge on any atom is -0.493 e. The van der Waals surface area contributed by atoms with Gasteiger partial charge in [-0.25, -0.2) is 9.18 Å². The molecule has 3 amide bonds. The maximum atomic E-state index is 14.9. The van der Waals surface area contributed by atoms with Crippen LogP contribution in [-0.2, 0) is 0 Å². The highest BCUT2D eigenvalue weighted by molar-refractivity contribution is 6.04. The zero-order valence-electron chi connectivity index (χ0n) is 26.7. The van der Waals surface area contributed by atoms with Gasteiger partial charge in [-0.1, -0.05) is 27.2 Å². The molecular formula is C35H45FN4O5. The van der Waals surface area contributed by atoms with Crippen LogP contribution in [0.4, 0.5) is 20.6 Å². The molecule has 0 aliphatic carbocycles. The van der Waals surface area contributed by atoms with Gasteiger partial charge >= 0.3 is 6.03 Å². The first kappa shape index (κ1) is 33.6. The number of carbonyl (C=O) groups excluding carboxylic acids is 2. The molecule has 1 aliphatic rings. The molecular weight excluding hydrogens is 575 g/mol. The first-order valence-electron chi connectivity index (χ1n) is 15.8. The first-order chi connectivity index (χ1) is 21.8. The molecule has 0 aromatic heterocycles. The largest absolute Gasteiger partial charge is 0.493 e. The summed E-state index contributed by atoms with van der Waals surface area (Å²) in [4.78, 5) is 27.6. The van der Waals surface area contributed by atoms with Crippen molar-refractivity contribution in [3.8, 4) is 23.0 Å². The van der Waals surface area contributed by atoms with Crippen molar-refractivity contribution < 1.29 is 28.2 Å². The molecule has 1 heterocycles. The zero-order chi connectivity index (χ0) is 32.2. The highest BCUT2D eigenvalue weighted by Crippen LogP contribution is 2.34. The molecule has 242 valence electrons. The number of rotatable bonds is 14. The standard InChI is InChI=1S/C35H45FN4O5/c1-5-8-19-40-20-17-29(18-21-40)44-31-15-9-24(22-30(31)36)34(41)37-26-10-13-28(14-11-26)45-32-16-12-27(23-33(32)43-4)39-35(42)38-25(6-2)7-3/h9-16,22-23,25,29H,5-8,17-21H2,1-4H3,(H,37,41)(H2,38,39,42). The van der Waals surface area contributed by atoms with E-state index in [2.05, 4.69) is 27.8 Å². The van der Waals surface area contributed by atoms with Crippen LogP contribution in [0, 0.1) is 5.82 Å². The first-order valence-corrected chi connectivity index (χ1v) is 15.8. The summed E-state index contributed by atoms with van der Waals surface area (Å²) in [6, 6.07) is 16.0. The van der Waals surface area contributed by atoms with Gasteiger partial charge in [0.05, 0.1) is 7.11 Å². The lowest BCUT2D eigenvalue weighted by Gasteiger charge is -2.32. The highest BCUT2D eigenvalue weighted by atomic mass is 19.1. The topological polar surface area (TPSA) is 101 Å². The number of piperidine rings is 1. The molecule has 0 saturated carbocycles. The third-order valence-corrected chi connectivity index (χ3v) is 7.93. The summed E-state index contributed by atoms with van der Waals surface area (Å²) in [7, 11) is 1.52. The van der Waals surface area contributed by atoms with Crippen LogP contribution in [0.15, 0.2) is 60.7 Å². The van der Waals surface area contributed by atoms with Crippen LogP contribution in [-0.4, -0.2) is 55.7 Å². The zero-order valence-corrected chi connectivity index (χ0v) is 26.7. The van der Waals surface area contributed by atoms with E-state index < -0.39 is 11.7 Å². The number of hydrogen-bond acceptors (Lipinski definition) is 6. The Labute approximate surface area is 265 Å². The minimum atomic E-state index is -0.554. The Morgan fingerprint density at radius 1 is 0.889 bits per heavy atom. The number of benzene rings is 3. The molecule has 4 rings (SSSR count). The number of ether oxygens (including phenoxy) is 3. The summed E-state index contributed by atoms with van der Waals surface area (Å²) < 4.78 is 32.3. The van der Waals surface area contributed by atoms with E-state index in [0.717, 1.165) is 45.3 Å². The summed E-state index contributed by atoms with van der Waals surface area (Å²) in [6.07, 6.45) is 5.75. The molecule has 0 bridgehead atoms. The summed E-state index contributed by atoms with van der Waals surface area (Å²) in [5.41, 5.74) is 1.29. The number of nitrogens with zero attached hydrogens (tertiary/aromatic N) is 1. The summed E-state index contributed by atoms with van der Waals surface area (Å²) in [5, 5.41) is 8.54. The molecule has 0 atom stereocenters. The third kappa shape index (κ3) is 9.84. The molecule has 1 fully saturated rings. The molecule has 0 spiro atoms. The lowest BCUT2D eigenvalue weighted by molar-refractivity contribution is 0.0963. The minimum absolute atomic E-state index is 0.0296. The number of unbranched alkanes of at least 4 members (excludes halogenated alkanes) is 1. The van der Waals surface area contributed by atoms with Crippen molar-refractivity contribution >= 4 is 23.3 Å². The van der Waals surface area contributed by atoms with Gasteiger partial charge in [-0.2, -0.15) is 0 Å². The van der Waals surface area contributed by atoms with Gasteiger partial charge in [0.2, 0.25) is 0 Å². The fourth-order valence-corrected chi connectivity index (χ4v) is 5.16. The molecule has 9 nitrogen and oxygen atoms in total. The van der Waals surface area contributed by atoms with Gasteiger partial charge in [0.1, 0.15) is 11.9 Å². The second-order valence-corrected chi connectivity index (χ2v) is 11.2. The third-order valence-electron chi connectivity index (χ3n) is 7.93. The molecule has 3 aromatic rings. The van der Waals surface area contributed by atoms with Crippen molar-refractivity contribution in [1.29, 1.82) is 0 Å². The van der Waals surface area contributed by atoms with Crippen LogP contribution in [0.25, 0.3) is 0 Å². The SMILES string of the molecule is CCCCN1CCC(Oc2ccc(C(=O)Nc3ccc(Oc4ccc(NC(=O)NC(CC)CC)cc4OC)cc3)cc2F)CC1. The normalized spacial score (nSPS) is 13.7. The lowest BCUT2D eigenvalue weighted by Crippen LogP contribution is -2.38. The van der Waals surface area contributed by atoms with E-state index in [1.54, 1.807) is 48.5 Å². The van der Waals surface area contributed by atoms with Gasteiger partial charge in [-0.15, -0.1) is 0 Å². The number of amides is 3. The van der Waals surface area contributed by atoms with Crippen LogP contribution >= 0.6 is 0 Å². The fraction of sp³-hybridized carbons (Fsp3) is 0.429. The monoisotopic (exact) mass is 620 g/mol. The molecule has 10 heteroatoms. The average molecular weight is 621 g/mol. The van der Waals surface area contributed by atoms with Gasteiger partial charge in [0, 0.05) is 42.1 Å². The van der Waals surface area contributed by atoms with Crippen molar-refractivity contribution in [1.82, 2.24) is 10.2 Å². The quantitative estimate of drug-likeness (QED) is 0.170. The van der Waals surface area contributed by atoms with Gasteiger partial charge in [0.15, 0.2) is 23.1 Å². The number of nitrogens with one attached hydrogen (secondary N) is 3. The van der Waals surface area contributed by atoms with Gasteiger partial charge < -0.3 is 35.1 Å². The number of urea groups is 1. The number of anilines is 2. The maximum absolute atomic E-state index is 14.9. The van der Waals surface area contributed by atoms with E-state index in [1.165, 1.54) is 32.1 Å². The summed E-state index contributed by atoms with van der Waals surface area (Å²) >= 11 is 0. The highest BCUT2D eigenvalue weighted by Gasteiger charge is 2.22. The van der Waals surface area contributed by atoms with Gasteiger partial charge in [-0.3, -0.25) is 4.79 Å². The fourth-order valence-electron chi connectivity index (χ4n) is 5.16. The van der Waals surface area contributed by atoms with E-state index in [9.17, 15) is 14.0 Å². The van der Waals surface area contributed by atoms with Gasteiger partial charge in [-0.05, 0) is 93.2 Å². The van der Waals surface area contributed by atoms with Crippen LogP contribution < -0.4 is 30.2 Å². The molecule has 1 aliphatic heterocycles. The van der Waals surface area contributed by atoms with E-state index in [0.29, 0.717) is 28.6 Å². The van der Waals surface area contributed by atoms with Crippen molar-refractivity contribution in [3.63, 3.8) is 0 Å². The van der Waals surface area contributed by atoms with Crippen LogP contribution in [0.5, 0.6) is 23.0 Å². The van der Waals surface area contributed by atoms with E-state index >= 15 is 0 Å². The predicted octanol–water partition coefficient (Wildman–Crippen LogP) is 7.83. The number of likely N-dealkylation sites (tertiary alicyclic amines) is 1. The van der Waals surface area contributed by atoms with E-state index in [1.807, 2.05) is 13.8 Å². The Kier molecular flexibility index (Phi) is 12.4. The number of methoxy groups -OCH3 is 1. The molecule has 0 radical (unpaired) electrons. The molecule has 3 N–H and O–H groups in total. The second-order valence-electron chi connectivity index (χ2n) is 11.2. The number of carbonyl (C=O) groups is 2. The van der Waals surface area contributed by atoms with Crippen LogP contribution in [0.1, 0.15) is 69.7 Å². The second kappa shape index (κ2) is 16.7.